The van der Waals surface area contributed by atoms with Gasteiger partial charge >= 0.3 is 5.97 Å². The Labute approximate surface area is 140 Å². The van der Waals surface area contributed by atoms with Gasteiger partial charge in [0.2, 0.25) is 0 Å². The van der Waals surface area contributed by atoms with Gasteiger partial charge < -0.3 is 4.74 Å². The molecule has 0 aliphatic carbocycles. The number of esters is 1. The smallest absolute Gasteiger partial charge is 0.308 e. The van der Waals surface area contributed by atoms with Crippen LogP contribution in [0.25, 0.3) is 0 Å². The fourth-order valence-electron chi connectivity index (χ4n) is 2.18. The van der Waals surface area contributed by atoms with E-state index in [0.29, 0.717) is 12.1 Å². The SMILES string of the molecule is CSc1ccc(C(=O)COC(=O)CCn2nc(C)cc2C)cc1. The summed E-state index contributed by atoms with van der Waals surface area (Å²) in [5.74, 6) is -0.594. The highest BCUT2D eigenvalue weighted by Crippen LogP contribution is 2.15. The van der Waals surface area contributed by atoms with E-state index in [1.807, 2.05) is 38.3 Å². The fraction of sp³-hybridized carbons (Fsp3) is 0.353. The molecule has 0 saturated carbocycles. The second kappa shape index (κ2) is 7.97. The van der Waals surface area contributed by atoms with Crippen molar-refractivity contribution < 1.29 is 14.3 Å². The number of rotatable bonds is 7. The summed E-state index contributed by atoms with van der Waals surface area (Å²) >= 11 is 1.61. The van der Waals surface area contributed by atoms with Gasteiger partial charge in [0.25, 0.3) is 0 Å². The molecular formula is C17H20N2O3S. The first kappa shape index (κ1) is 17.3. The van der Waals surface area contributed by atoms with E-state index in [1.165, 1.54) is 0 Å². The molecule has 2 rings (SSSR count). The van der Waals surface area contributed by atoms with Gasteiger partial charge in [-0.15, -0.1) is 11.8 Å². The summed E-state index contributed by atoms with van der Waals surface area (Å²) in [7, 11) is 0. The standard InChI is InChI=1S/C17H20N2O3S/c1-12-10-13(2)19(18-12)9-8-17(21)22-11-16(20)14-4-6-15(23-3)7-5-14/h4-7,10H,8-9,11H2,1-3H3. The molecule has 0 unspecified atom stereocenters. The number of carbonyl (C=O) groups is 2. The maximum Gasteiger partial charge on any atom is 0.308 e. The van der Waals surface area contributed by atoms with Crippen molar-refractivity contribution in [2.45, 2.75) is 31.7 Å². The molecule has 0 spiro atoms. The third kappa shape index (κ3) is 4.96. The van der Waals surface area contributed by atoms with Crippen LogP contribution in [0.3, 0.4) is 0 Å². The molecule has 122 valence electrons. The van der Waals surface area contributed by atoms with Gasteiger partial charge in [0.15, 0.2) is 12.4 Å². The number of thioether (sulfide) groups is 1. The van der Waals surface area contributed by atoms with Crippen molar-refractivity contribution in [3.05, 3.63) is 47.3 Å². The summed E-state index contributed by atoms with van der Waals surface area (Å²) < 4.78 is 6.81. The highest BCUT2D eigenvalue weighted by Gasteiger charge is 2.11. The van der Waals surface area contributed by atoms with Crippen LogP contribution in [0.4, 0.5) is 0 Å². The van der Waals surface area contributed by atoms with Crippen LogP contribution in [0.2, 0.25) is 0 Å². The first-order valence-corrected chi connectivity index (χ1v) is 8.56. The lowest BCUT2D eigenvalue weighted by Gasteiger charge is -2.06. The Balaban J connectivity index is 1.79. The summed E-state index contributed by atoms with van der Waals surface area (Å²) in [5, 5.41) is 4.28. The molecule has 0 bridgehead atoms. The normalized spacial score (nSPS) is 10.6. The number of nitrogens with zero attached hydrogens (tertiary/aromatic N) is 2. The van der Waals surface area contributed by atoms with Crippen molar-refractivity contribution in [3.63, 3.8) is 0 Å². The first-order chi connectivity index (χ1) is 11.0. The molecular weight excluding hydrogens is 312 g/mol. The molecule has 0 aliphatic rings. The molecule has 0 fully saturated rings. The minimum atomic E-state index is -0.397. The van der Waals surface area contributed by atoms with E-state index in [1.54, 1.807) is 28.6 Å². The number of hydrogen-bond acceptors (Lipinski definition) is 5. The van der Waals surface area contributed by atoms with Crippen LogP contribution in [-0.2, 0) is 16.1 Å². The van der Waals surface area contributed by atoms with E-state index in [9.17, 15) is 9.59 Å². The largest absolute Gasteiger partial charge is 0.457 e. The molecule has 0 radical (unpaired) electrons. The number of hydrogen-bond donors (Lipinski definition) is 0. The summed E-state index contributed by atoms with van der Waals surface area (Å²) in [6.45, 7) is 4.07. The minimum absolute atomic E-state index is 0.195. The van der Waals surface area contributed by atoms with Gasteiger partial charge in [0, 0.05) is 16.2 Å². The number of aromatic nitrogens is 2. The van der Waals surface area contributed by atoms with E-state index in [2.05, 4.69) is 5.10 Å². The molecule has 2 aromatic rings. The Kier molecular flexibility index (Phi) is 5.98. The van der Waals surface area contributed by atoms with Crippen LogP contribution in [-0.4, -0.2) is 34.4 Å². The van der Waals surface area contributed by atoms with Gasteiger partial charge in [-0.3, -0.25) is 14.3 Å². The molecule has 0 saturated heterocycles. The lowest BCUT2D eigenvalue weighted by molar-refractivity contribution is -0.142. The zero-order valence-corrected chi connectivity index (χ0v) is 14.4. The number of carbonyl (C=O) groups excluding carboxylic acids is 2. The lowest BCUT2D eigenvalue weighted by Crippen LogP contribution is -2.16. The van der Waals surface area contributed by atoms with Crippen molar-refractivity contribution in [1.82, 2.24) is 9.78 Å². The Bertz CT molecular complexity index is 692. The maximum atomic E-state index is 12.0. The van der Waals surface area contributed by atoms with Crippen molar-refractivity contribution in [2.24, 2.45) is 0 Å². The predicted octanol–water partition coefficient (Wildman–Crippen LogP) is 3.04. The van der Waals surface area contributed by atoms with Crippen LogP contribution in [0.5, 0.6) is 0 Å². The van der Waals surface area contributed by atoms with Crippen LogP contribution in [0.15, 0.2) is 35.2 Å². The van der Waals surface area contributed by atoms with Crippen LogP contribution in [0, 0.1) is 13.8 Å². The van der Waals surface area contributed by atoms with Crippen LogP contribution >= 0.6 is 11.8 Å². The summed E-state index contributed by atoms with van der Waals surface area (Å²) in [6, 6.07) is 9.20. The Morgan fingerprint density at radius 3 is 2.48 bits per heavy atom. The highest BCUT2D eigenvalue weighted by molar-refractivity contribution is 7.98. The Morgan fingerprint density at radius 1 is 1.22 bits per heavy atom. The van der Waals surface area contributed by atoms with Crippen molar-refractivity contribution >= 4 is 23.5 Å². The second-order valence-electron chi connectivity index (χ2n) is 5.21. The predicted molar refractivity (Wildman–Crippen MR) is 89.8 cm³/mol. The molecule has 1 aromatic heterocycles. The van der Waals surface area contributed by atoms with Gasteiger partial charge in [0.05, 0.1) is 18.7 Å². The molecule has 1 heterocycles. The quantitative estimate of drug-likeness (QED) is 0.443. The van der Waals surface area contributed by atoms with Crippen molar-refractivity contribution in [1.29, 1.82) is 0 Å². The molecule has 0 atom stereocenters. The van der Waals surface area contributed by atoms with Gasteiger partial charge in [-0.1, -0.05) is 12.1 Å². The van der Waals surface area contributed by atoms with Crippen LogP contribution < -0.4 is 0 Å². The third-order valence-electron chi connectivity index (χ3n) is 3.41. The number of benzene rings is 1. The maximum absolute atomic E-state index is 12.0. The molecule has 6 heteroatoms. The Hall–Kier alpha value is -2.08. The zero-order chi connectivity index (χ0) is 16.8. The molecule has 0 aliphatic heterocycles. The van der Waals surface area contributed by atoms with E-state index in [0.717, 1.165) is 16.3 Å². The van der Waals surface area contributed by atoms with E-state index in [4.69, 9.17) is 4.74 Å². The van der Waals surface area contributed by atoms with Crippen LogP contribution in [0.1, 0.15) is 28.2 Å². The number of ether oxygens (including phenoxy) is 1. The van der Waals surface area contributed by atoms with E-state index < -0.39 is 5.97 Å². The summed E-state index contributed by atoms with van der Waals surface area (Å²) in [4.78, 5) is 24.8. The lowest BCUT2D eigenvalue weighted by atomic mass is 10.1. The number of Topliss-reactive ketones (excluding diaryl/α,β-unsaturated/α-hetero) is 1. The summed E-state index contributed by atoms with van der Waals surface area (Å²) in [6.07, 6.45) is 2.17. The Morgan fingerprint density at radius 2 is 1.91 bits per heavy atom. The van der Waals surface area contributed by atoms with Gasteiger partial charge in [-0.05, 0) is 38.3 Å². The highest BCUT2D eigenvalue weighted by atomic mass is 32.2. The minimum Gasteiger partial charge on any atom is -0.457 e. The molecule has 1 aromatic carbocycles. The fourth-order valence-corrected chi connectivity index (χ4v) is 2.59. The number of ketones is 1. The summed E-state index contributed by atoms with van der Waals surface area (Å²) in [5.41, 5.74) is 2.47. The van der Waals surface area contributed by atoms with Gasteiger partial charge in [-0.2, -0.15) is 5.10 Å². The average Bonchev–Trinajstić information content (AvgIpc) is 2.88. The monoisotopic (exact) mass is 332 g/mol. The topological polar surface area (TPSA) is 61.2 Å². The van der Waals surface area contributed by atoms with E-state index >= 15 is 0 Å². The zero-order valence-electron chi connectivity index (χ0n) is 13.5. The molecule has 5 nitrogen and oxygen atoms in total. The third-order valence-corrected chi connectivity index (χ3v) is 4.15. The van der Waals surface area contributed by atoms with Gasteiger partial charge in [-0.25, -0.2) is 0 Å². The van der Waals surface area contributed by atoms with E-state index in [-0.39, 0.29) is 18.8 Å². The van der Waals surface area contributed by atoms with Gasteiger partial charge in [0.1, 0.15) is 0 Å². The molecule has 0 amide bonds. The molecule has 23 heavy (non-hydrogen) atoms. The second-order valence-corrected chi connectivity index (χ2v) is 6.09. The first-order valence-electron chi connectivity index (χ1n) is 7.33. The van der Waals surface area contributed by atoms with Crippen molar-refractivity contribution in [3.8, 4) is 0 Å². The number of aryl methyl sites for hydroxylation is 3. The molecule has 0 N–H and O–H groups in total. The van der Waals surface area contributed by atoms with Crippen molar-refractivity contribution in [2.75, 3.05) is 12.9 Å². The average molecular weight is 332 g/mol.